The lowest BCUT2D eigenvalue weighted by Crippen LogP contribution is -2.30. The van der Waals surface area contributed by atoms with Gasteiger partial charge in [-0.25, -0.2) is 14.8 Å². The summed E-state index contributed by atoms with van der Waals surface area (Å²) in [4.78, 5) is 31.6. The number of hydrogen-bond donors (Lipinski definition) is 2. The van der Waals surface area contributed by atoms with Gasteiger partial charge in [-0.3, -0.25) is 4.79 Å². The van der Waals surface area contributed by atoms with E-state index in [4.69, 9.17) is 5.11 Å². The number of aryl methyl sites for hydroxylation is 1. The van der Waals surface area contributed by atoms with Crippen LogP contribution in [0.1, 0.15) is 50.6 Å². The van der Waals surface area contributed by atoms with Gasteiger partial charge in [0.15, 0.2) is 0 Å². The van der Waals surface area contributed by atoms with E-state index in [1.165, 1.54) is 29.5 Å². The zero-order valence-electron chi connectivity index (χ0n) is 11.9. The maximum Gasteiger partial charge on any atom is 0.354 e. The average Bonchev–Trinajstić information content (AvgIpc) is 3.26. The quantitative estimate of drug-likeness (QED) is 0.883. The summed E-state index contributed by atoms with van der Waals surface area (Å²) >= 11 is 1.53. The molecule has 0 aliphatic heterocycles. The van der Waals surface area contributed by atoms with Crippen LogP contribution in [0.3, 0.4) is 0 Å². The fourth-order valence-corrected chi connectivity index (χ4v) is 3.16. The smallest absolute Gasteiger partial charge is 0.354 e. The molecule has 1 saturated carbocycles. The van der Waals surface area contributed by atoms with E-state index in [-0.39, 0.29) is 23.3 Å². The van der Waals surface area contributed by atoms with Crippen LogP contribution >= 0.6 is 11.3 Å². The van der Waals surface area contributed by atoms with E-state index in [1.54, 1.807) is 0 Å². The van der Waals surface area contributed by atoms with Crippen molar-refractivity contribution in [2.45, 2.75) is 25.8 Å². The Hall–Kier alpha value is -2.28. The lowest BCUT2D eigenvalue weighted by molar-refractivity contribution is 0.0690. The maximum atomic E-state index is 12.4. The van der Waals surface area contributed by atoms with Crippen LogP contribution in [0.4, 0.5) is 0 Å². The van der Waals surface area contributed by atoms with Crippen LogP contribution < -0.4 is 5.32 Å². The van der Waals surface area contributed by atoms with Crippen LogP contribution in [-0.2, 0) is 0 Å². The van der Waals surface area contributed by atoms with Crippen LogP contribution in [0.2, 0.25) is 0 Å². The van der Waals surface area contributed by atoms with Crippen molar-refractivity contribution in [1.82, 2.24) is 15.3 Å². The number of carboxylic acid groups (broad SMARTS) is 1. The highest BCUT2D eigenvalue weighted by atomic mass is 32.1. The summed E-state index contributed by atoms with van der Waals surface area (Å²) in [6, 6.07) is 4.27. The molecule has 114 valence electrons. The standard InChI is InChI=1S/C15H15N3O3S/c1-8-7-22-14(16-8)12(9-5-6-9)18-13(19)10-3-2-4-11(17-10)15(20)21/h2-4,7,9,12H,5-6H2,1H3,(H,18,19)(H,20,21). The summed E-state index contributed by atoms with van der Waals surface area (Å²) in [5, 5.41) is 14.7. The van der Waals surface area contributed by atoms with Gasteiger partial charge in [-0.1, -0.05) is 6.07 Å². The lowest BCUT2D eigenvalue weighted by Gasteiger charge is -2.15. The molecule has 0 bridgehead atoms. The number of nitrogens with one attached hydrogen (secondary N) is 1. The Labute approximate surface area is 131 Å². The van der Waals surface area contributed by atoms with Gasteiger partial charge in [0.05, 0.1) is 6.04 Å². The maximum absolute atomic E-state index is 12.4. The molecule has 2 aromatic rings. The summed E-state index contributed by atoms with van der Waals surface area (Å²) in [6.45, 7) is 1.92. The minimum absolute atomic E-state index is 0.110. The SMILES string of the molecule is Cc1csc(C(NC(=O)c2cccc(C(=O)O)n2)C2CC2)n1. The first-order valence-electron chi connectivity index (χ1n) is 6.98. The van der Waals surface area contributed by atoms with Gasteiger partial charge in [0, 0.05) is 11.1 Å². The van der Waals surface area contributed by atoms with Gasteiger partial charge in [0.2, 0.25) is 0 Å². The third kappa shape index (κ3) is 3.14. The normalized spacial score (nSPS) is 15.3. The number of carboxylic acids is 1. The fourth-order valence-electron chi connectivity index (χ4n) is 2.22. The number of carbonyl (C=O) groups is 2. The highest BCUT2D eigenvalue weighted by molar-refractivity contribution is 7.09. The number of thiazole rings is 1. The molecule has 0 aromatic carbocycles. The van der Waals surface area contributed by atoms with Crippen molar-refractivity contribution in [3.05, 3.63) is 45.7 Å². The van der Waals surface area contributed by atoms with Gasteiger partial charge in [-0.15, -0.1) is 11.3 Å². The number of rotatable bonds is 5. The summed E-state index contributed by atoms with van der Waals surface area (Å²) in [6.07, 6.45) is 2.12. The van der Waals surface area contributed by atoms with Crippen molar-refractivity contribution in [3.8, 4) is 0 Å². The van der Waals surface area contributed by atoms with Crippen LogP contribution in [0, 0.1) is 12.8 Å². The molecule has 1 atom stereocenters. The minimum Gasteiger partial charge on any atom is -0.477 e. The highest BCUT2D eigenvalue weighted by Gasteiger charge is 2.35. The van der Waals surface area contributed by atoms with E-state index in [9.17, 15) is 9.59 Å². The molecule has 2 aromatic heterocycles. The van der Waals surface area contributed by atoms with E-state index < -0.39 is 5.97 Å². The Kier molecular flexibility index (Phi) is 3.89. The van der Waals surface area contributed by atoms with Gasteiger partial charge < -0.3 is 10.4 Å². The van der Waals surface area contributed by atoms with Gasteiger partial charge in [-0.05, 0) is 37.8 Å². The molecular formula is C15H15N3O3S. The molecule has 1 aliphatic rings. The third-order valence-electron chi connectivity index (χ3n) is 3.48. The van der Waals surface area contributed by atoms with Gasteiger partial charge in [0.1, 0.15) is 16.4 Å². The number of nitrogens with zero attached hydrogens (tertiary/aromatic N) is 2. The van der Waals surface area contributed by atoms with Crippen LogP contribution in [-0.4, -0.2) is 27.0 Å². The molecular weight excluding hydrogens is 302 g/mol. The minimum atomic E-state index is -1.15. The number of carbonyl (C=O) groups excluding carboxylic acids is 1. The molecule has 1 unspecified atom stereocenters. The topological polar surface area (TPSA) is 92.2 Å². The second kappa shape index (κ2) is 5.84. The van der Waals surface area contributed by atoms with Crippen LogP contribution in [0.5, 0.6) is 0 Å². The molecule has 0 spiro atoms. The number of hydrogen-bond acceptors (Lipinski definition) is 5. The Bertz CT molecular complexity index is 724. The number of aromatic nitrogens is 2. The summed E-state index contributed by atoms with van der Waals surface area (Å²) < 4.78 is 0. The molecule has 0 radical (unpaired) electrons. The van der Waals surface area contributed by atoms with E-state index in [0.29, 0.717) is 5.92 Å². The second-order valence-electron chi connectivity index (χ2n) is 5.33. The first-order valence-corrected chi connectivity index (χ1v) is 7.86. The summed E-state index contributed by atoms with van der Waals surface area (Å²) in [5.74, 6) is -1.12. The Morgan fingerprint density at radius 2 is 2.05 bits per heavy atom. The van der Waals surface area contributed by atoms with Crippen molar-refractivity contribution in [3.63, 3.8) is 0 Å². The molecule has 1 amide bonds. The van der Waals surface area contributed by atoms with E-state index in [1.807, 2.05) is 12.3 Å². The predicted octanol–water partition coefficient (Wildman–Crippen LogP) is 2.43. The third-order valence-corrected chi connectivity index (χ3v) is 4.53. The van der Waals surface area contributed by atoms with Crippen molar-refractivity contribution >= 4 is 23.2 Å². The lowest BCUT2D eigenvalue weighted by atomic mass is 10.2. The molecule has 7 heteroatoms. The molecule has 2 N–H and O–H groups in total. The Morgan fingerprint density at radius 3 is 2.64 bits per heavy atom. The van der Waals surface area contributed by atoms with Crippen molar-refractivity contribution in [1.29, 1.82) is 0 Å². The predicted molar refractivity (Wildman–Crippen MR) is 81.0 cm³/mol. The summed E-state index contributed by atoms with van der Waals surface area (Å²) in [7, 11) is 0. The van der Waals surface area contributed by atoms with E-state index in [2.05, 4.69) is 15.3 Å². The first-order chi connectivity index (χ1) is 10.5. The number of aromatic carboxylic acids is 1. The fraction of sp³-hybridized carbons (Fsp3) is 0.333. The molecule has 2 heterocycles. The Balaban J connectivity index is 1.79. The first kappa shape index (κ1) is 14.6. The molecule has 1 aliphatic carbocycles. The largest absolute Gasteiger partial charge is 0.477 e. The number of pyridine rings is 1. The molecule has 3 rings (SSSR count). The molecule has 0 saturated heterocycles. The van der Waals surface area contributed by atoms with E-state index >= 15 is 0 Å². The van der Waals surface area contributed by atoms with Crippen molar-refractivity contribution in [2.24, 2.45) is 5.92 Å². The van der Waals surface area contributed by atoms with Crippen LogP contribution in [0.15, 0.2) is 23.6 Å². The zero-order chi connectivity index (χ0) is 15.7. The van der Waals surface area contributed by atoms with Gasteiger partial charge in [-0.2, -0.15) is 0 Å². The monoisotopic (exact) mass is 317 g/mol. The van der Waals surface area contributed by atoms with Gasteiger partial charge in [0.25, 0.3) is 5.91 Å². The molecule has 22 heavy (non-hydrogen) atoms. The Morgan fingerprint density at radius 1 is 1.32 bits per heavy atom. The highest BCUT2D eigenvalue weighted by Crippen LogP contribution is 2.41. The molecule has 6 nitrogen and oxygen atoms in total. The number of amides is 1. The van der Waals surface area contributed by atoms with E-state index in [0.717, 1.165) is 23.5 Å². The average molecular weight is 317 g/mol. The molecule has 1 fully saturated rings. The van der Waals surface area contributed by atoms with Crippen LogP contribution in [0.25, 0.3) is 0 Å². The second-order valence-corrected chi connectivity index (χ2v) is 6.22. The van der Waals surface area contributed by atoms with Crippen molar-refractivity contribution in [2.75, 3.05) is 0 Å². The zero-order valence-corrected chi connectivity index (χ0v) is 12.8. The van der Waals surface area contributed by atoms with Crippen molar-refractivity contribution < 1.29 is 14.7 Å². The summed E-state index contributed by atoms with van der Waals surface area (Å²) in [5.41, 5.74) is 0.908. The van der Waals surface area contributed by atoms with Gasteiger partial charge >= 0.3 is 5.97 Å².